The third-order valence-corrected chi connectivity index (χ3v) is 5.58. The lowest BCUT2D eigenvalue weighted by Crippen LogP contribution is -2.38. The molecule has 1 atom stereocenters. The van der Waals surface area contributed by atoms with E-state index in [0.29, 0.717) is 16.8 Å². The summed E-state index contributed by atoms with van der Waals surface area (Å²) in [6, 6.07) is 9.72. The van der Waals surface area contributed by atoms with Gasteiger partial charge in [0.1, 0.15) is 5.82 Å². The molecule has 140 valence electrons. The number of hydrogen-bond donors (Lipinski definition) is 1. The Bertz CT molecular complexity index is 953. The highest BCUT2D eigenvalue weighted by Gasteiger charge is 2.44. The number of rotatable bonds is 6. The highest BCUT2D eigenvalue weighted by molar-refractivity contribution is 7.13. The van der Waals surface area contributed by atoms with Crippen molar-refractivity contribution in [1.82, 2.24) is 15.1 Å². The average Bonchev–Trinajstić information content (AvgIpc) is 3.39. The van der Waals surface area contributed by atoms with Crippen LogP contribution in [0.2, 0.25) is 0 Å². The fraction of sp³-hybridized carbons (Fsp3) is 0.263. The topological polar surface area (TPSA) is 67.5 Å². The predicted octanol–water partition coefficient (Wildman–Crippen LogP) is 3.44. The average molecular weight is 387 g/mol. The molecule has 0 spiro atoms. The number of aromatic amines is 1. The molecule has 1 aliphatic heterocycles. The third kappa shape index (κ3) is 2.95. The number of benzene rings is 1. The lowest BCUT2D eigenvalue weighted by Gasteiger charge is -2.29. The van der Waals surface area contributed by atoms with Crippen LogP contribution < -0.4 is 0 Å². The Morgan fingerprint density at radius 3 is 2.70 bits per heavy atom. The van der Waals surface area contributed by atoms with Gasteiger partial charge in [-0.05, 0) is 17.5 Å². The van der Waals surface area contributed by atoms with Gasteiger partial charge < -0.3 is 14.4 Å². The molecule has 0 fully saturated rings. The van der Waals surface area contributed by atoms with Crippen LogP contribution in [0.1, 0.15) is 27.7 Å². The van der Waals surface area contributed by atoms with Gasteiger partial charge in [0.25, 0.3) is 5.91 Å². The maximum absolute atomic E-state index is 14.7. The number of nitrogens with zero attached hydrogens (tertiary/aromatic N) is 2. The summed E-state index contributed by atoms with van der Waals surface area (Å²) >= 11 is 1.53. The van der Waals surface area contributed by atoms with E-state index in [0.717, 1.165) is 10.6 Å². The molecule has 8 heteroatoms. The molecule has 1 amide bonds. The standard InChI is InChI=1S/C19H18FN3O3S/c1-25-14(26-2)10-23-18(11-6-3-4-7-12(11)20)15-16(13-8-5-9-27-13)21-22-17(15)19(23)24/h3-9,14,18H,10H2,1-2H3,(H,21,22). The maximum Gasteiger partial charge on any atom is 0.275 e. The number of hydrogen-bond acceptors (Lipinski definition) is 5. The summed E-state index contributed by atoms with van der Waals surface area (Å²) in [6.45, 7) is 0.158. The second kappa shape index (κ2) is 7.22. The van der Waals surface area contributed by atoms with E-state index in [1.54, 1.807) is 23.1 Å². The largest absolute Gasteiger partial charge is 0.354 e. The smallest absolute Gasteiger partial charge is 0.275 e. The van der Waals surface area contributed by atoms with Crippen LogP contribution in [0.15, 0.2) is 41.8 Å². The second-order valence-corrected chi connectivity index (χ2v) is 7.07. The number of methoxy groups -OCH3 is 2. The van der Waals surface area contributed by atoms with Crippen LogP contribution in [0.25, 0.3) is 10.6 Å². The van der Waals surface area contributed by atoms with E-state index >= 15 is 0 Å². The minimum Gasteiger partial charge on any atom is -0.354 e. The van der Waals surface area contributed by atoms with Crippen molar-refractivity contribution in [2.24, 2.45) is 0 Å². The van der Waals surface area contributed by atoms with Crippen molar-refractivity contribution in [3.8, 4) is 10.6 Å². The zero-order chi connectivity index (χ0) is 19.0. The predicted molar refractivity (Wildman–Crippen MR) is 99.0 cm³/mol. The highest BCUT2D eigenvalue weighted by Crippen LogP contribution is 2.44. The molecule has 0 radical (unpaired) electrons. The number of thiophene rings is 1. The molecule has 6 nitrogen and oxygen atoms in total. The molecule has 0 saturated carbocycles. The molecule has 3 heterocycles. The minimum absolute atomic E-state index is 0.158. The van der Waals surface area contributed by atoms with Gasteiger partial charge in [-0.2, -0.15) is 5.10 Å². The highest BCUT2D eigenvalue weighted by atomic mass is 32.1. The summed E-state index contributed by atoms with van der Waals surface area (Å²) in [6.07, 6.45) is -0.624. The molecule has 1 aromatic carbocycles. The monoisotopic (exact) mass is 387 g/mol. The molecular formula is C19H18FN3O3S. The molecule has 27 heavy (non-hydrogen) atoms. The van der Waals surface area contributed by atoms with Gasteiger partial charge in [-0.15, -0.1) is 11.3 Å². The number of ether oxygens (including phenoxy) is 2. The van der Waals surface area contributed by atoms with Crippen molar-refractivity contribution < 1.29 is 18.7 Å². The Balaban J connectivity index is 1.86. The van der Waals surface area contributed by atoms with Crippen LogP contribution in [-0.4, -0.2) is 48.1 Å². The number of aromatic nitrogens is 2. The van der Waals surface area contributed by atoms with Gasteiger partial charge in [-0.3, -0.25) is 9.89 Å². The molecule has 1 aliphatic rings. The van der Waals surface area contributed by atoms with E-state index in [4.69, 9.17) is 9.47 Å². The molecule has 0 aliphatic carbocycles. The third-order valence-electron chi connectivity index (χ3n) is 4.69. The van der Waals surface area contributed by atoms with E-state index < -0.39 is 12.3 Å². The Morgan fingerprint density at radius 2 is 2.04 bits per heavy atom. The van der Waals surface area contributed by atoms with Gasteiger partial charge >= 0.3 is 0 Å². The lowest BCUT2D eigenvalue weighted by atomic mass is 9.98. The Morgan fingerprint density at radius 1 is 1.26 bits per heavy atom. The summed E-state index contributed by atoms with van der Waals surface area (Å²) in [4.78, 5) is 15.5. The van der Waals surface area contributed by atoms with Crippen molar-refractivity contribution in [2.75, 3.05) is 20.8 Å². The van der Waals surface area contributed by atoms with Crippen molar-refractivity contribution in [2.45, 2.75) is 12.3 Å². The molecule has 2 aromatic heterocycles. The van der Waals surface area contributed by atoms with E-state index in [9.17, 15) is 9.18 Å². The summed E-state index contributed by atoms with van der Waals surface area (Å²) < 4.78 is 25.2. The van der Waals surface area contributed by atoms with Gasteiger partial charge in [-0.1, -0.05) is 24.3 Å². The van der Waals surface area contributed by atoms with Crippen molar-refractivity contribution in [3.63, 3.8) is 0 Å². The number of H-pyrrole nitrogens is 1. The van der Waals surface area contributed by atoms with Gasteiger partial charge in [0.15, 0.2) is 12.0 Å². The van der Waals surface area contributed by atoms with Crippen LogP contribution in [0.5, 0.6) is 0 Å². The second-order valence-electron chi connectivity index (χ2n) is 6.12. The quantitative estimate of drug-likeness (QED) is 0.658. The minimum atomic E-state index is -0.624. The van der Waals surface area contributed by atoms with Crippen molar-refractivity contribution >= 4 is 17.2 Å². The molecule has 1 N–H and O–H groups in total. The van der Waals surface area contributed by atoms with Gasteiger partial charge in [0, 0.05) is 25.3 Å². The first-order valence-electron chi connectivity index (χ1n) is 8.38. The first-order chi connectivity index (χ1) is 13.2. The normalized spacial score (nSPS) is 16.4. The molecule has 0 saturated heterocycles. The number of halogens is 1. The van der Waals surface area contributed by atoms with Gasteiger partial charge in [0.05, 0.1) is 23.2 Å². The summed E-state index contributed by atoms with van der Waals surface area (Å²) in [5.41, 5.74) is 2.13. The van der Waals surface area contributed by atoms with Crippen LogP contribution in [0.4, 0.5) is 4.39 Å². The number of nitrogens with one attached hydrogen (secondary N) is 1. The number of fused-ring (bicyclic) bond motifs is 1. The first-order valence-corrected chi connectivity index (χ1v) is 9.26. The Hall–Kier alpha value is -2.55. The van der Waals surface area contributed by atoms with E-state index in [-0.39, 0.29) is 18.3 Å². The first kappa shape index (κ1) is 17.8. The van der Waals surface area contributed by atoms with E-state index in [1.165, 1.54) is 31.6 Å². The molecule has 4 rings (SSSR count). The lowest BCUT2D eigenvalue weighted by molar-refractivity contribution is -0.113. The SMILES string of the molecule is COC(CN1C(=O)c2n[nH]c(-c3cccs3)c2C1c1ccccc1F)OC. The van der Waals surface area contributed by atoms with Gasteiger partial charge in [-0.25, -0.2) is 4.39 Å². The van der Waals surface area contributed by atoms with E-state index in [2.05, 4.69) is 10.2 Å². The maximum atomic E-state index is 14.7. The summed E-state index contributed by atoms with van der Waals surface area (Å²) in [5.74, 6) is -0.658. The molecule has 1 unspecified atom stereocenters. The fourth-order valence-electron chi connectivity index (χ4n) is 3.41. The Labute approximate surface area is 159 Å². The molecule has 3 aromatic rings. The van der Waals surface area contributed by atoms with Gasteiger partial charge in [0.2, 0.25) is 0 Å². The number of carbonyl (C=O) groups is 1. The zero-order valence-electron chi connectivity index (χ0n) is 14.8. The van der Waals surface area contributed by atoms with E-state index in [1.807, 2.05) is 17.5 Å². The van der Waals surface area contributed by atoms with Crippen molar-refractivity contribution in [3.05, 3.63) is 64.4 Å². The summed E-state index contributed by atoms with van der Waals surface area (Å²) in [5, 5.41) is 9.14. The van der Waals surface area contributed by atoms with Crippen LogP contribution in [0.3, 0.4) is 0 Å². The summed E-state index contributed by atoms with van der Waals surface area (Å²) in [7, 11) is 3.01. The number of carbonyl (C=O) groups excluding carboxylic acids is 1. The van der Waals surface area contributed by atoms with Crippen LogP contribution >= 0.6 is 11.3 Å². The van der Waals surface area contributed by atoms with Crippen LogP contribution in [-0.2, 0) is 9.47 Å². The van der Waals surface area contributed by atoms with Crippen LogP contribution in [0, 0.1) is 5.82 Å². The molecule has 0 bridgehead atoms. The molecular weight excluding hydrogens is 369 g/mol. The fourth-order valence-corrected chi connectivity index (χ4v) is 4.15. The number of amides is 1. The van der Waals surface area contributed by atoms with Crippen molar-refractivity contribution in [1.29, 1.82) is 0 Å². The Kier molecular flexibility index (Phi) is 4.77. The zero-order valence-corrected chi connectivity index (χ0v) is 15.6.